The molecule has 4 unspecified atom stereocenters. The fourth-order valence-corrected chi connectivity index (χ4v) is 14.9. The van der Waals surface area contributed by atoms with E-state index in [1.807, 2.05) is 0 Å². The van der Waals surface area contributed by atoms with E-state index in [1.165, 1.54) is 127 Å². The first-order chi connectivity index (χ1) is 30.1. The van der Waals surface area contributed by atoms with Crippen molar-refractivity contribution in [3.8, 4) is 5.69 Å². The van der Waals surface area contributed by atoms with E-state index < -0.39 is 0 Å². The Morgan fingerprint density at radius 3 is 2.00 bits per heavy atom. The molecule has 0 spiro atoms. The van der Waals surface area contributed by atoms with E-state index in [0.717, 1.165) is 12.8 Å². The molecule has 63 heavy (non-hydrogen) atoms. The van der Waals surface area contributed by atoms with Gasteiger partial charge in [-0.05, 0) is 125 Å². The third-order valence-corrected chi connectivity index (χ3v) is 18.3. The number of nitrogens with zero attached hydrogens (tertiary/aromatic N) is 3. The van der Waals surface area contributed by atoms with Crippen molar-refractivity contribution >= 4 is 67.7 Å². The average Bonchev–Trinajstić information content (AvgIpc) is 3.81. The van der Waals surface area contributed by atoms with E-state index in [-0.39, 0.29) is 39.5 Å². The van der Waals surface area contributed by atoms with Crippen LogP contribution in [0.1, 0.15) is 141 Å². The number of anilines is 4. The van der Waals surface area contributed by atoms with Gasteiger partial charge in [0.25, 0.3) is 6.71 Å². The normalized spacial score (nSPS) is 26.5. The second-order valence-electron chi connectivity index (χ2n) is 23.4. The molecule has 7 aromatic rings. The summed E-state index contributed by atoms with van der Waals surface area (Å²) in [5.74, 6) is 0. The lowest BCUT2D eigenvalue weighted by Crippen LogP contribution is -2.64. The van der Waals surface area contributed by atoms with Gasteiger partial charge in [-0.3, -0.25) is 0 Å². The second kappa shape index (κ2) is 12.1. The number of para-hydroxylation sites is 2. The summed E-state index contributed by atoms with van der Waals surface area (Å²) in [7, 11) is 0. The van der Waals surface area contributed by atoms with Crippen LogP contribution in [0.5, 0.6) is 0 Å². The Balaban J connectivity index is 1.18. The molecule has 13 rings (SSSR count). The zero-order chi connectivity index (χ0) is 43.2. The Bertz CT molecular complexity index is 3130. The van der Waals surface area contributed by atoms with Crippen LogP contribution < -0.4 is 26.2 Å². The number of hydrogen-bond acceptors (Lipinski definition) is 2. The van der Waals surface area contributed by atoms with Crippen molar-refractivity contribution in [1.82, 2.24) is 4.57 Å². The van der Waals surface area contributed by atoms with Crippen molar-refractivity contribution in [3.05, 3.63) is 143 Å². The smallest absolute Gasteiger partial charge is 0.252 e. The molecule has 0 N–H and O–H groups in total. The molecule has 4 heteroatoms. The number of benzene rings is 6. The van der Waals surface area contributed by atoms with Gasteiger partial charge in [0.2, 0.25) is 0 Å². The minimum atomic E-state index is -0.160. The first kappa shape index (κ1) is 38.3. The Morgan fingerprint density at radius 1 is 0.524 bits per heavy atom. The maximum atomic E-state index is 2.95. The summed E-state index contributed by atoms with van der Waals surface area (Å²) < 4.78 is 2.72. The molecule has 5 heterocycles. The van der Waals surface area contributed by atoms with E-state index in [4.69, 9.17) is 0 Å². The van der Waals surface area contributed by atoms with Crippen molar-refractivity contribution in [2.45, 2.75) is 146 Å². The SMILES string of the molecule is CC(C)(C)c1cc2c3c(c1)C1(C)CCCCC1(C)N3c1cc(N3c4ccccc4C4(c5ccccc5)CCCCC34C)cc3c1B2c1cccc2c4cc(C(C)(C)C)ccc4n-3c12. The van der Waals surface area contributed by atoms with E-state index in [1.54, 1.807) is 5.56 Å². The molecule has 316 valence electrons. The topological polar surface area (TPSA) is 11.4 Å². The highest BCUT2D eigenvalue weighted by molar-refractivity contribution is 7.00. The van der Waals surface area contributed by atoms with Gasteiger partial charge >= 0.3 is 0 Å². The number of aromatic nitrogens is 1. The molecular weight excluding hydrogens is 761 g/mol. The molecule has 4 aliphatic heterocycles. The predicted octanol–water partition coefficient (Wildman–Crippen LogP) is 13.0. The van der Waals surface area contributed by atoms with E-state index in [2.05, 4.69) is 192 Å². The summed E-state index contributed by atoms with van der Waals surface area (Å²) in [4.78, 5) is 5.81. The van der Waals surface area contributed by atoms with Crippen molar-refractivity contribution in [2.24, 2.45) is 0 Å². The monoisotopic (exact) mass is 824 g/mol. The van der Waals surface area contributed by atoms with Crippen LogP contribution >= 0.6 is 0 Å². The Hall–Kier alpha value is -5.22. The molecule has 1 aromatic heterocycles. The van der Waals surface area contributed by atoms with Gasteiger partial charge in [-0.2, -0.15) is 0 Å². The molecule has 0 amide bonds. The molecule has 2 fully saturated rings. The van der Waals surface area contributed by atoms with Gasteiger partial charge in [-0.1, -0.05) is 159 Å². The highest BCUT2D eigenvalue weighted by Crippen LogP contribution is 2.66. The van der Waals surface area contributed by atoms with E-state index in [9.17, 15) is 0 Å². The van der Waals surface area contributed by atoms with Gasteiger partial charge in [0.1, 0.15) is 0 Å². The standard InChI is InChI=1S/C59H62BN3/c1-54(2,3)38-26-27-47-42(32-38)41-22-19-24-45-52(41)61(47)49-35-40(62-48-25-14-13-23-43(48)59(37-20-11-10-12-21-37)31-18-17-30-58(59,62)9)36-50-51(49)60(45)46-34-39(55(4,5)6)33-44-53(46)63(50)57(8)29-16-15-28-56(44,57)7/h10-14,19-27,32-36H,15-18,28-31H2,1-9H3. The lowest BCUT2D eigenvalue weighted by Gasteiger charge is -2.54. The number of fused-ring (bicyclic) bond motifs is 13. The summed E-state index contributed by atoms with van der Waals surface area (Å²) in [6.07, 6.45) is 9.74. The van der Waals surface area contributed by atoms with Gasteiger partial charge in [0.05, 0.1) is 16.6 Å². The minimum Gasteiger partial charge on any atom is -0.335 e. The van der Waals surface area contributed by atoms with Crippen LogP contribution in [-0.4, -0.2) is 22.4 Å². The maximum Gasteiger partial charge on any atom is 0.252 e. The Kier molecular flexibility index (Phi) is 7.36. The largest absolute Gasteiger partial charge is 0.335 e. The van der Waals surface area contributed by atoms with Gasteiger partial charge in [-0.25, -0.2) is 0 Å². The highest BCUT2D eigenvalue weighted by Gasteiger charge is 2.64. The van der Waals surface area contributed by atoms with E-state index in [0.29, 0.717) is 0 Å². The fourth-order valence-electron chi connectivity index (χ4n) is 14.9. The molecule has 0 bridgehead atoms. The molecule has 6 aromatic carbocycles. The predicted molar refractivity (Wildman–Crippen MR) is 268 cm³/mol. The zero-order valence-electron chi connectivity index (χ0n) is 39.0. The number of hydrogen-bond donors (Lipinski definition) is 0. The van der Waals surface area contributed by atoms with Gasteiger partial charge in [0.15, 0.2) is 0 Å². The first-order valence-corrected chi connectivity index (χ1v) is 24.3. The quantitative estimate of drug-likeness (QED) is 0.161. The van der Waals surface area contributed by atoms with Crippen LogP contribution in [0, 0.1) is 0 Å². The Morgan fingerprint density at radius 2 is 1.22 bits per heavy atom. The zero-order valence-corrected chi connectivity index (χ0v) is 39.0. The fraction of sp³-hybridized carbons (Fsp3) is 0.390. The van der Waals surface area contributed by atoms with Crippen molar-refractivity contribution in [1.29, 1.82) is 0 Å². The molecule has 2 saturated carbocycles. The average molecular weight is 824 g/mol. The molecule has 0 radical (unpaired) electrons. The van der Waals surface area contributed by atoms with Crippen LogP contribution in [0.25, 0.3) is 27.5 Å². The lowest BCUT2D eigenvalue weighted by molar-refractivity contribution is 0.195. The van der Waals surface area contributed by atoms with Gasteiger partial charge < -0.3 is 14.4 Å². The van der Waals surface area contributed by atoms with Crippen LogP contribution in [-0.2, 0) is 21.7 Å². The lowest BCUT2D eigenvalue weighted by atomic mass is 9.33. The summed E-state index contributed by atoms with van der Waals surface area (Å²) in [5, 5.41) is 2.74. The minimum absolute atomic E-state index is 0.0239. The van der Waals surface area contributed by atoms with Crippen molar-refractivity contribution in [3.63, 3.8) is 0 Å². The molecule has 4 atom stereocenters. The second-order valence-corrected chi connectivity index (χ2v) is 23.4. The van der Waals surface area contributed by atoms with E-state index >= 15 is 0 Å². The molecular formula is C59H62BN3. The highest BCUT2D eigenvalue weighted by atomic mass is 15.3. The van der Waals surface area contributed by atoms with Crippen molar-refractivity contribution in [2.75, 3.05) is 9.80 Å². The van der Waals surface area contributed by atoms with Crippen LogP contribution in [0.4, 0.5) is 22.7 Å². The summed E-state index contributed by atoms with van der Waals surface area (Å²) >= 11 is 0. The van der Waals surface area contributed by atoms with Crippen LogP contribution in [0.15, 0.2) is 115 Å². The summed E-state index contributed by atoms with van der Waals surface area (Å²) in [6, 6.07) is 46.4. The summed E-state index contributed by atoms with van der Waals surface area (Å²) in [5.41, 5.74) is 21.4. The summed E-state index contributed by atoms with van der Waals surface area (Å²) in [6.45, 7) is 22.4. The van der Waals surface area contributed by atoms with Gasteiger partial charge in [0, 0.05) is 55.6 Å². The van der Waals surface area contributed by atoms with Gasteiger partial charge in [-0.15, -0.1) is 0 Å². The van der Waals surface area contributed by atoms with Crippen LogP contribution in [0.2, 0.25) is 0 Å². The third kappa shape index (κ3) is 4.49. The number of rotatable bonds is 2. The molecule has 6 aliphatic rings. The molecule has 0 saturated heterocycles. The Labute approximate surface area is 375 Å². The first-order valence-electron chi connectivity index (χ1n) is 24.3. The molecule has 3 nitrogen and oxygen atoms in total. The van der Waals surface area contributed by atoms with Crippen LogP contribution in [0.3, 0.4) is 0 Å². The maximum absolute atomic E-state index is 2.95. The van der Waals surface area contributed by atoms with Crippen molar-refractivity contribution < 1.29 is 0 Å². The third-order valence-electron chi connectivity index (χ3n) is 18.3. The molecule has 2 aliphatic carbocycles.